The predicted octanol–water partition coefficient (Wildman–Crippen LogP) is 3.44. The molecular weight excluding hydrogens is 302 g/mol. The summed E-state index contributed by atoms with van der Waals surface area (Å²) in [6.07, 6.45) is 3.22. The molecule has 0 saturated heterocycles. The van der Waals surface area contributed by atoms with Crippen molar-refractivity contribution in [3.05, 3.63) is 34.3 Å². The number of rotatable bonds is 3. The lowest BCUT2D eigenvalue weighted by molar-refractivity contribution is -0.0793. The first kappa shape index (κ1) is 13.6. The summed E-state index contributed by atoms with van der Waals surface area (Å²) in [6, 6.07) is 9.76. The van der Waals surface area contributed by atoms with Crippen LogP contribution in [0.4, 0.5) is 0 Å². The minimum absolute atomic E-state index is 0.0425. The maximum atomic E-state index is 9.77. The second-order valence-electron chi connectivity index (χ2n) is 6.71. The molecule has 104 valence electrons. The first-order valence-electron chi connectivity index (χ1n) is 7.16. The normalized spacial score (nSPS) is 36.4. The summed E-state index contributed by atoms with van der Waals surface area (Å²) in [6.45, 7) is 4.31. The maximum Gasteiger partial charge on any atom is 0.0621 e. The highest BCUT2D eigenvalue weighted by atomic mass is 79.9. The first-order chi connectivity index (χ1) is 8.96. The van der Waals surface area contributed by atoms with E-state index in [4.69, 9.17) is 0 Å². The van der Waals surface area contributed by atoms with Gasteiger partial charge in [-0.2, -0.15) is 0 Å². The van der Waals surface area contributed by atoms with Crippen LogP contribution in [0.15, 0.2) is 28.7 Å². The first-order valence-corrected chi connectivity index (χ1v) is 7.95. The lowest BCUT2D eigenvalue weighted by atomic mass is 9.63. The highest BCUT2D eigenvalue weighted by Crippen LogP contribution is 2.44. The largest absolute Gasteiger partial charge is 0.392 e. The van der Waals surface area contributed by atoms with E-state index in [0.29, 0.717) is 18.0 Å². The Morgan fingerprint density at radius 2 is 2.00 bits per heavy atom. The molecule has 2 unspecified atom stereocenters. The van der Waals surface area contributed by atoms with E-state index >= 15 is 0 Å². The van der Waals surface area contributed by atoms with Crippen molar-refractivity contribution >= 4 is 15.9 Å². The molecule has 3 heteroatoms. The van der Waals surface area contributed by atoms with Gasteiger partial charge in [0.25, 0.3) is 0 Å². The summed E-state index contributed by atoms with van der Waals surface area (Å²) >= 11 is 3.54. The average Bonchev–Trinajstić information content (AvgIpc) is 2.31. The Kier molecular flexibility index (Phi) is 3.48. The van der Waals surface area contributed by atoms with Crippen LogP contribution in [0.1, 0.15) is 44.6 Å². The Balaban J connectivity index is 1.51. The van der Waals surface area contributed by atoms with E-state index in [2.05, 4.69) is 59.4 Å². The highest BCUT2D eigenvalue weighted by Gasteiger charge is 2.48. The number of aliphatic hydroxyl groups is 1. The molecule has 19 heavy (non-hydrogen) atoms. The standard InChI is InChI=1S/C16H22BrNO/c1-16(2)14(9-15(16)19)18-13-7-11(8-13)10-4-3-5-12(17)6-10/h3-6,11,13-15,18-19H,7-9H2,1-2H3. The fraction of sp³-hybridized carbons (Fsp3) is 0.625. The van der Waals surface area contributed by atoms with Crippen molar-refractivity contribution < 1.29 is 5.11 Å². The molecule has 2 nitrogen and oxygen atoms in total. The second kappa shape index (κ2) is 4.87. The zero-order valence-corrected chi connectivity index (χ0v) is 13.2. The van der Waals surface area contributed by atoms with E-state index in [9.17, 15) is 5.11 Å². The van der Waals surface area contributed by atoms with Crippen molar-refractivity contribution in [1.29, 1.82) is 0 Å². The van der Waals surface area contributed by atoms with E-state index in [-0.39, 0.29) is 11.5 Å². The van der Waals surface area contributed by atoms with Gasteiger partial charge in [-0.15, -0.1) is 0 Å². The molecule has 0 bridgehead atoms. The minimum Gasteiger partial charge on any atom is -0.392 e. The number of hydrogen-bond acceptors (Lipinski definition) is 2. The molecule has 2 atom stereocenters. The van der Waals surface area contributed by atoms with E-state index in [1.807, 2.05) is 0 Å². The van der Waals surface area contributed by atoms with Crippen molar-refractivity contribution in [1.82, 2.24) is 5.32 Å². The Morgan fingerprint density at radius 3 is 2.58 bits per heavy atom. The smallest absolute Gasteiger partial charge is 0.0621 e. The Bertz CT molecular complexity index is 468. The Labute approximate surface area is 123 Å². The molecule has 0 radical (unpaired) electrons. The quantitative estimate of drug-likeness (QED) is 0.893. The lowest BCUT2D eigenvalue weighted by Gasteiger charge is -2.53. The molecule has 2 saturated carbocycles. The van der Waals surface area contributed by atoms with Gasteiger partial charge in [0.05, 0.1) is 6.10 Å². The topological polar surface area (TPSA) is 32.3 Å². The molecule has 0 heterocycles. The molecular formula is C16H22BrNO. The van der Waals surface area contributed by atoms with Gasteiger partial charge in [0, 0.05) is 22.0 Å². The molecule has 2 aliphatic rings. The third-order valence-corrected chi connectivity index (χ3v) is 5.60. The van der Waals surface area contributed by atoms with Gasteiger partial charge in [-0.1, -0.05) is 41.9 Å². The number of halogens is 1. The summed E-state index contributed by atoms with van der Waals surface area (Å²) < 4.78 is 1.17. The van der Waals surface area contributed by atoms with Crippen molar-refractivity contribution in [2.45, 2.75) is 57.2 Å². The van der Waals surface area contributed by atoms with Crippen molar-refractivity contribution in [2.24, 2.45) is 5.41 Å². The van der Waals surface area contributed by atoms with Crippen LogP contribution in [0.2, 0.25) is 0 Å². The average molecular weight is 324 g/mol. The van der Waals surface area contributed by atoms with Crippen LogP contribution >= 0.6 is 15.9 Å². The van der Waals surface area contributed by atoms with Crippen molar-refractivity contribution in [3.63, 3.8) is 0 Å². The molecule has 1 aromatic carbocycles. The van der Waals surface area contributed by atoms with Crippen LogP contribution in [0.25, 0.3) is 0 Å². The summed E-state index contributed by atoms with van der Waals surface area (Å²) in [4.78, 5) is 0. The molecule has 2 fully saturated rings. The van der Waals surface area contributed by atoms with Crippen LogP contribution in [-0.4, -0.2) is 23.3 Å². The van der Waals surface area contributed by atoms with E-state index < -0.39 is 0 Å². The SMILES string of the molecule is CC1(C)C(O)CC1NC1CC(c2cccc(Br)c2)C1. The Hall–Kier alpha value is -0.380. The van der Waals surface area contributed by atoms with E-state index in [1.54, 1.807) is 0 Å². The van der Waals surface area contributed by atoms with Crippen LogP contribution < -0.4 is 5.32 Å². The van der Waals surface area contributed by atoms with Crippen LogP contribution in [-0.2, 0) is 0 Å². The van der Waals surface area contributed by atoms with Gasteiger partial charge in [0.15, 0.2) is 0 Å². The number of benzene rings is 1. The third kappa shape index (κ3) is 2.48. The summed E-state index contributed by atoms with van der Waals surface area (Å²) in [5.74, 6) is 0.697. The van der Waals surface area contributed by atoms with E-state index in [1.165, 1.54) is 22.9 Å². The third-order valence-electron chi connectivity index (χ3n) is 5.11. The second-order valence-corrected chi connectivity index (χ2v) is 7.63. The van der Waals surface area contributed by atoms with Gasteiger partial charge >= 0.3 is 0 Å². The van der Waals surface area contributed by atoms with Crippen molar-refractivity contribution in [2.75, 3.05) is 0 Å². The molecule has 2 aliphatic carbocycles. The summed E-state index contributed by atoms with van der Waals surface area (Å²) in [7, 11) is 0. The van der Waals surface area contributed by atoms with Crippen molar-refractivity contribution in [3.8, 4) is 0 Å². The molecule has 0 aromatic heterocycles. The van der Waals surface area contributed by atoms with Crippen LogP contribution in [0.5, 0.6) is 0 Å². The molecule has 0 amide bonds. The zero-order chi connectivity index (χ0) is 13.6. The van der Waals surface area contributed by atoms with Gasteiger partial charge in [-0.05, 0) is 42.9 Å². The summed E-state index contributed by atoms with van der Waals surface area (Å²) in [5, 5.41) is 13.5. The minimum atomic E-state index is -0.133. The van der Waals surface area contributed by atoms with Gasteiger partial charge < -0.3 is 10.4 Å². The number of nitrogens with one attached hydrogen (secondary N) is 1. The predicted molar refractivity (Wildman–Crippen MR) is 81.2 cm³/mol. The highest BCUT2D eigenvalue weighted by molar-refractivity contribution is 9.10. The molecule has 3 rings (SSSR count). The van der Waals surface area contributed by atoms with Crippen LogP contribution in [0.3, 0.4) is 0 Å². The lowest BCUT2D eigenvalue weighted by Crippen LogP contribution is -2.63. The molecule has 0 aliphatic heterocycles. The van der Waals surface area contributed by atoms with Gasteiger partial charge in [-0.25, -0.2) is 0 Å². The van der Waals surface area contributed by atoms with Gasteiger partial charge in [0.1, 0.15) is 0 Å². The molecule has 0 spiro atoms. The van der Waals surface area contributed by atoms with Gasteiger partial charge in [0.2, 0.25) is 0 Å². The summed E-state index contributed by atoms with van der Waals surface area (Å²) in [5.41, 5.74) is 1.49. The molecule has 2 N–H and O–H groups in total. The Morgan fingerprint density at radius 1 is 1.26 bits per heavy atom. The van der Waals surface area contributed by atoms with Crippen LogP contribution in [0, 0.1) is 5.41 Å². The monoisotopic (exact) mass is 323 g/mol. The number of hydrogen-bond donors (Lipinski definition) is 2. The van der Waals surface area contributed by atoms with Gasteiger partial charge in [-0.3, -0.25) is 0 Å². The fourth-order valence-corrected chi connectivity index (χ4v) is 3.67. The molecule has 1 aromatic rings. The number of aliphatic hydroxyl groups excluding tert-OH is 1. The fourth-order valence-electron chi connectivity index (χ4n) is 3.26. The maximum absolute atomic E-state index is 9.77. The zero-order valence-electron chi connectivity index (χ0n) is 11.6. The van der Waals surface area contributed by atoms with E-state index in [0.717, 1.165) is 6.42 Å².